The fourth-order valence-corrected chi connectivity index (χ4v) is 1.42. The van der Waals surface area contributed by atoms with E-state index in [0.29, 0.717) is 12.1 Å². The number of rotatable bonds is 5. The van der Waals surface area contributed by atoms with Crippen molar-refractivity contribution >= 4 is 5.91 Å². The predicted octanol–water partition coefficient (Wildman–Crippen LogP) is 1.67. The van der Waals surface area contributed by atoms with Crippen LogP contribution in [0.3, 0.4) is 0 Å². The van der Waals surface area contributed by atoms with Crippen LogP contribution in [0.4, 0.5) is 4.39 Å². The number of aliphatic hydroxyl groups excluding tert-OH is 1. The standard InChI is InChI=1S/C13H18FNO2/c1-9(8-16)7-15-13(17)10(2)11-4-3-5-12(14)6-11/h3-6,9-10,16H,7-8H2,1-2H3,(H,15,17). The van der Waals surface area contributed by atoms with Crippen LogP contribution in [-0.2, 0) is 4.79 Å². The Morgan fingerprint density at radius 2 is 2.18 bits per heavy atom. The highest BCUT2D eigenvalue weighted by molar-refractivity contribution is 5.83. The van der Waals surface area contributed by atoms with Gasteiger partial charge in [0.1, 0.15) is 5.82 Å². The molecule has 0 radical (unpaired) electrons. The van der Waals surface area contributed by atoms with E-state index in [2.05, 4.69) is 5.32 Å². The van der Waals surface area contributed by atoms with Gasteiger partial charge in [-0.1, -0.05) is 19.1 Å². The van der Waals surface area contributed by atoms with Crippen molar-refractivity contribution in [2.45, 2.75) is 19.8 Å². The molecule has 0 spiro atoms. The molecule has 1 rings (SSSR count). The maximum absolute atomic E-state index is 13.0. The predicted molar refractivity (Wildman–Crippen MR) is 64.1 cm³/mol. The molecular formula is C13H18FNO2. The van der Waals surface area contributed by atoms with Crippen molar-refractivity contribution in [3.63, 3.8) is 0 Å². The highest BCUT2D eigenvalue weighted by Gasteiger charge is 2.15. The number of aliphatic hydroxyl groups is 1. The fourth-order valence-electron chi connectivity index (χ4n) is 1.42. The molecule has 0 saturated carbocycles. The summed E-state index contributed by atoms with van der Waals surface area (Å²) in [6, 6.07) is 6.02. The number of benzene rings is 1. The van der Waals surface area contributed by atoms with Gasteiger partial charge in [-0.15, -0.1) is 0 Å². The largest absolute Gasteiger partial charge is 0.396 e. The van der Waals surface area contributed by atoms with Crippen molar-refractivity contribution in [1.29, 1.82) is 0 Å². The summed E-state index contributed by atoms with van der Waals surface area (Å²) in [5.74, 6) is -0.864. The highest BCUT2D eigenvalue weighted by atomic mass is 19.1. The maximum Gasteiger partial charge on any atom is 0.227 e. The Bertz CT molecular complexity index is 381. The second kappa shape index (κ2) is 6.35. The first kappa shape index (κ1) is 13.6. The van der Waals surface area contributed by atoms with Gasteiger partial charge in [0.25, 0.3) is 0 Å². The van der Waals surface area contributed by atoms with Crippen molar-refractivity contribution < 1.29 is 14.3 Å². The number of halogens is 1. The van der Waals surface area contributed by atoms with Crippen molar-refractivity contribution in [1.82, 2.24) is 5.32 Å². The Kier molecular flexibility index (Phi) is 5.10. The Balaban J connectivity index is 2.57. The van der Waals surface area contributed by atoms with E-state index >= 15 is 0 Å². The molecule has 0 saturated heterocycles. The van der Waals surface area contributed by atoms with Crippen molar-refractivity contribution in [2.24, 2.45) is 5.92 Å². The molecule has 1 aromatic rings. The van der Waals surface area contributed by atoms with Gasteiger partial charge in [0, 0.05) is 13.2 Å². The number of nitrogens with one attached hydrogen (secondary N) is 1. The average molecular weight is 239 g/mol. The van der Waals surface area contributed by atoms with E-state index < -0.39 is 5.92 Å². The van der Waals surface area contributed by atoms with Gasteiger partial charge in [-0.25, -0.2) is 4.39 Å². The van der Waals surface area contributed by atoms with Gasteiger partial charge in [0.05, 0.1) is 5.92 Å². The topological polar surface area (TPSA) is 49.3 Å². The summed E-state index contributed by atoms with van der Waals surface area (Å²) in [7, 11) is 0. The molecule has 0 aliphatic carbocycles. The van der Waals surface area contributed by atoms with Crippen LogP contribution in [0.5, 0.6) is 0 Å². The molecule has 2 unspecified atom stereocenters. The van der Waals surface area contributed by atoms with Crippen molar-refractivity contribution in [3.05, 3.63) is 35.6 Å². The molecule has 2 N–H and O–H groups in total. The quantitative estimate of drug-likeness (QED) is 0.821. The van der Waals surface area contributed by atoms with Gasteiger partial charge in [-0.2, -0.15) is 0 Å². The summed E-state index contributed by atoms with van der Waals surface area (Å²) in [5.41, 5.74) is 0.652. The lowest BCUT2D eigenvalue weighted by Crippen LogP contribution is -2.32. The van der Waals surface area contributed by atoms with Crippen LogP contribution in [0, 0.1) is 11.7 Å². The smallest absolute Gasteiger partial charge is 0.227 e. The Morgan fingerprint density at radius 3 is 2.76 bits per heavy atom. The van der Waals surface area contributed by atoms with Crippen LogP contribution in [0.25, 0.3) is 0 Å². The van der Waals surface area contributed by atoms with Crippen molar-refractivity contribution in [3.8, 4) is 0 Å². The lowest BCUT2D eigenvalue weighted by molar-refractivity contribution is -0.122. The average Bonchev–Trinajstić information content (AvgIpc) is 2.34. The zero-order valence-electron chi connectivity index (χ0n) is 10.1. The van der Waals surface area contributed by atoms with Crippen LogP contribution >= 0.6 is 0 Å². The van der Waals surface area contributed by atoms with Crippen LogP contribution in [0.15, 0.2) is 24.3 Å². The van der Waals surface area contributed by atoms with E-state index in [9.17, 15) is 9.18 Å². The minimum Gasteiger partial charge on any atom is -0.396 e. The number of amides is 1. The van der Waals surface area contributed by atoms with Crippen LogP contribution in [0.1, 0.15) is 25.3 Å². The Morgan fingerprint density at radius 1 is 1.47 bits per heavy atom. The molecule has 1 amide bonds. The Labute approximate surface area is 101 Å². The molecule has 0 aliphatic heterocycles. The molecule has 0 aliphatic rings. The van der Waals surface area contributed by atoms with Gasteiger partial charge in [-0.05, 0) is 30.5 Å². The summed E-state index contributed by atoms with van der Waals surface area (Å²) in [5, 5.41) is 11.6. The van der Waals surface area contributed by atoms with Gasteiger partial charge in [0.15, 0.2) is 0 Å². The molecule has 94 valence electrons. The summed E-state index contributed by atoms with van der Waals surface area (Å²) in [6.07, 6.45) is 0. The minimum absolute atomic E-state index is 0.0265. The fraction of sp³-hybridized carbons (Fsp3) is 0.462. The first-order valence-electron chi connectivity index (χ1n) is 5.68. The van der Waals surface area contributed by atoms with E-state index in [-0.39, 0.29) is 24.2 Å². The first-order chi connectivity index (χ1) is 8.04. The normalized spacial score (nSPS) is 14.1. The number of hydrogen-bond donors (Lipinski definition) is 2. The van der Waals surface area contributed by atoms with E-state index in [1.165, 1.54) is 12.1 Å². The maximum atomic E-state index is 13.0. The first-order valence-corrected chi connectivity index (χ1v) is 5.68. The lowest BCUT2D eigenvalue weighted by atomic mass is 10.00. The molecular weight excluding hydrogens is 221 g/mol. The molecule has 17 heavy (non-hydrogen) atoms. The summed E-state index contributed by atoms with van der Waals surface area (Å²) in [4.78, 5) is 11.8. The summed E-state index contributed by atoms with van der Waals surface area (Å²) in [6.45, 7) is 4.03. The molecule has 0 aromatic heterocycles. The zero-order chi connectivity index (χ0) is 12.8. The molecule has 1 aromatic carbocycles. The molecule has 0 fully saturated rings. The van der Waals surface area contributed by atoms with Crippen LogP contribution in [0.2, 0.25) is 0 Å². The third-order valence-electron chi connectivity index (χ3n) is 2.68. The van der Waals surface area contributed by atoms with Gasteiger partial charge < -0.3 is 10.4 Å². The van der Waals surface area contributed by atoms with E-state index in [1.54, 1.807) is 19.1 Å². The second-order valence-electron chi connectivity index (χ2n) is 4.31. The zero-order valence-corrected chi connectivity index (χ0v) is 10.1. The second-order valence-corrected chi connectivity index (χ2v) is 4.31. The van der Waals surface area contributed by atoms with E-state index in [4.69, 9.17) is 5.11 Å². The summed E-state index contributed by atoms with van der Waals surface area (Å²) < 4.78 is 13.0. The van der Waals surface area contributed by atoms with E-state index in [1.807, 2.05) is 6.92 Å². The molecule has 3 nitrogen and oxygen atoms in total. The molecule has 0 bridgehead atoms. The molecule has 4 heteroatoms. The van der Waals surface area contributed by atoms with Crippen molar-refractivity contribution in [2.75, 3.05) is 13.2 Å². The monoisotopic (exact) mass is 239 g/mol. The van der Waals surface area contributed by atoms with E-state index in [0.717, 1.165) is 0 Å². The highest BCUT2D eigenvalue weighted by Crippen LogP contribution is 2.16. The van der Waals surface area contributed by atoms with Gasteiger partial charge in [0.2, 0.25) is 5.91 Å². The van der Waals surface area contributed by atoms with Gasteiger partial charge in [-0.3, -0.25) is 4.79 Å². The third kappa shape index (κ3) is 4.15. The molecule has 2 atom stereocenters. The van der Waals surface area contributed by atoms with Crippen LogP contribution in [-0.4, -0.2) is 24.2 Å². The summed E-state index contributed by atoms with van der Waals surface area (Å²) >= 11 is 0. The van der Waals surface area contributed by atoms with Gasteiger partial charge >= 0.3 is 0 Å². The lowest BCUT2D eigenvalue weighted by Gasteiger charge is -2.14. The number of carbonyl (C=O) groups excluding carboxylic acids is 1. The molecule has 0 heterocycles. The Hall–Kier alpha value is -1.42. The number of hydrogen-bond acceptors (Lipinski definition) is 2. The number of carbonyl (C=O) groups is 1. The van der Waals surface area contributed by atoms with Crippen LogP contribution < -0.4 is 5.32 Å². The SMILES string of the molecule is CC(CO)CNC(=O)C(C)c1cccc(F)c1. The third-order valence-corrected chi connectivity index (χ3v) is 2.68. The minimum atomic E-state index is -0.392.